The average molecular weight is 280 g/mol. The normalized spacial score (nSPS) is 27.6. The predicted molar refractivity (Wildman–Crippen MR) is 71.4 cm³/mol. The molecule has 0 bridgehead atoms. The van der Waals surface area contributed by atoms with Gasteiger partial charge in [-0.15, -0.1) is 0 Å². The lowest BCUT2D eigenvalue weighted by atomic mass is 9.97. The van der Waals surface area contributed by atoms with Gasteiger partial charge in [0.05, 0.1) is 17.1 Å². The van der Waals surface area contributed by atoms with Crippen molar-refractivity contribution in [3.63, 3.8) is 0 Å². The first-order valence-electron chi connectivity index (χ1n) is 5.70. The quantitative estimate of drug-likeness (QED) is 0.718. The molecule has 0 aromatic carbocycles. The van der Waals surface area contributed by atoms with Crippen molar-refractivity contribution in [1.82, 2.24) is 4.72 Å². The summed E-state index contributed by atoms with van der Waals surface area (Å²) in [5.41, 5.74) is 4.92. The standard InChI is InChI=1S/C10H20N2O3S2/c1-3-8(9(11)16)17(13,14)12-10(2)5-4-6-15-7-10/h8,12H,3-7H2,1-2H3,(H2,11,16). The molecule has 1 heterocycles. The number of hydrogen-bond donors (Lipinski definition) is 2. The summed E-state index contributed by atoms with van der Waals surface area (Å²) in [7, 11) is -3.53. The minimum atomic E-state index is -3.53. The van der Waals surface area contributed by atoms with Crippen molar-refractivity contribution in [3.05, 3.63) is 0 Å². The SMILES string of the molecule is CCC(C(N)=S)S(=O)(=O)NC1(C)CCCOC1. The summed E-state index contributed by atoms with van der Waals surface area (Å²) in [4.78, 5) is 0.0142. The molecule has 2 unspecified atom stereocenters. The molecular weight excluding hydrogens is 260 g/mol. The third kappa shape index (κ3) is 3.87. The Bertz CT molecular complexity index is 375. The van der Waals surface area contributed by atoms with Gasteiger partial charge in [-0.1, -0.05) is 19.1 Å². The highest BCUT2D eigenvalue weighted by Crippen LogP contribution is 2.21. The maximum absolute atomic E-state index is 12.1. The predicted octanol–water partition coefficient (Wildman–Crippen LogP) is 0.540. The molecule has 0 saturated carbocycles. The maximum Gasteiger partial charge on any atom is 0.221 e. The number of nitrogens with two attached hydrogens (primary N) is 1. The summed E-state index contributed by atoms with van der Waals surface area (Å²) < 4.78 is 32.3. The van der Waals surface area contributed by atoms with Gasteiger partial charge >= 0.3 is 0 Å². The first-order chi connectivity index (χ1) is 7.81. The summed E-state index contributed by atoms with van der Waals surface area (Å²) in [5, 5.41) is -0.809. The van der Waals surface area contributed by atoms with E-state index in [-0.39, 0.29) is 4.99 Å². The van der Waals surface area contributed by atoms with Crippen LogP contribution >= 0.6 is 12.2 Å². The van der Waals surface area contributed by atoms with Gasteiger partial charge in [0, 0.05) is 6.61 Å². The van der Waals surface area contributed by atoms with Crippen LogP contribution in [0.15, 0.2) is 0 Å². The second kappa shape index (κ2) is 5.60. The monoisotopic (exact) mass is 280 g/mol. The summed E-state index contributed by atoms with van der Waals surface area (Å²) in [6, 6.07) is 0. The Morgan fingerprint density at radius 1 is 1.65 bits per heavy atom. The number of sulfonamides is 1. The van der Waals surface area contributed by atoms with E-state index in [9.17, 15) is 8.42 Å². The van der Waals surface area contributed by atoms with Crippen LogP contribution in [0.1, 0.15) is 33.1 Å². The minimum Gasteiger partial charge on any atom is -0.392 e. The molecule has 17 heavy (non-hydrogen) atoms. The van der Waals surface area contributed by atoms with E-state index in [0.29, 0.717) is 19.6 Å². The van der Waals surface area contributed by atoms with Crippen molar-refractivity contribution < 1.29 is 13.2 Å². The molecule has 1 fully saturated rings. The Hall–Kier alpha value is -0.240. The Morgan fingerprint density at radius 3 is 2.71 bits per heavy atom. The van der Waals surface area contributed by atoms with E-state index in [2.05, 4.69) is 4.72 Å². The fourth-order valence-corrected chi connectivity index (χ4v) is 4.28. The smallest absolute Gasteiger partial charge is 0.221 e. The van der Waals surface area contributed by atoms with Crippen LogP contribution in [0.25, 0.3) is 0 Å². The van der Waals surface area contributed by atoms with Gasteiger partial charge in [0.25, 0.3) is 0 Å². The Labute approximate surface area is 108 Å². The van der Waals surface area contributed by atoms with Crippen LogP contribution in [0.4, 0.5) is 0 Å². The Morgan fingerprint density at radius 2 is 2.29 bits per heavy atom. The van der Waals surface area contributed by atoms with Gasteiger partial charge in [0.1, 0.15) is 5.25 Å². The molecule has 0 amide bonds. The lowest BCUT2D eigenvalue weighted by molar-refractivity contribution is 0.0386. The molecule has 2 atom stereocenters. The van der Waals surface area contributed by atoms with E-state index < -0.39 is 20.8 Å². The molecule has 1 rings (SSSR count). The molecule has 0 spiro atoms. The van der Waals surface area contributed by atoms with Gasteiger partial charge in [0.2, 0.25) is 10.0 Å². The zero-order valence-electron chi connectivity index (χ0n) is 10.2. The first-order valence-corrected chi connectivity index (χ1v) is 7.66. The molecule has 0 aromatic heterocycles. The molecule has 5 nitrogen and oxygen atoms in total. The van der Waals surface area contributed by atoms with Crippen LogP contribution in [0, 0.1) is 0 Å². The number of ether oxygens (including phenoxy) is 1. The largest absolute Gasteiger partial charge is 0.392 e. The van der Waals surface area contributed by atoms with Crippen molar-refractivity contribution in [2.75, 3.05) is 13.2 Å². The molecule has 1 saturated heterocycles. The Kier molecular flexibility index (Phi) is 4.88. The van der Waals surface area contributed by atoms with Crippen LogP contribution in [0.3, 0.4) is 0 Å². The van der Waals surface area contributed by atoms with Gasteiger partial charge in [-0.05, 0) is 26.2 Å². The lowest BCUT2D eigenvalue weighted by Crippen LogP contribution is -2.55. The van der Waals surface area contributed by atoms with Crippen molar-refractivity contribution in [3.8, 4) is 0 Å². The van der Waals surface area contributed by atoms with Crippen LogP contribution in [0.5, 0.6) is 0 Å². The fourth-order valence-electron chi connectivity index (χ4n) is 2.00. The molecule has 1 aliphatic heterocycles. The molecule has 0 aromatic rings. The summed E-state index contributed by atoms with van der Waals surface area (Å²) in [5.74, 6) is 0. The number of nitrogens with one attached hydrogen (secondary N) is 1. The van der Waals surface area contributed by atoms with Gasteiger partial charge in [-0.3, -0.25) is 0 Å². The van der Waals surface area contributed by atoms with E-state index >= 15 is 0 Å². The van der Waals surface area contributed by atoms with Crippen LogP contribution in [-0.2, 0) is 14.8 Å². The fraction of sp³-hybridized carbons (Fsp3) is 0.900. The molecular formula is C10H20N2O3S2. The first kappa shape index (κ1) is 14.8. The molecule has 0 aliphatic carbocycles. The van der Waals surface area contributed by atoms with Crippen molar-refractivity contribution in [2.45, 2.75) is 43.9 Å². The van der Waals surface area contributed by atoms with Crippen molar-refractivity contribution in [2.24, 2.45) is 5.73 Å². The second-order valence-electron chi connectivity index (χ2n) is 4.66. The van der Waals surface area contributed by atoms with Gasteiger partial charge < -0.3 is 10.5 Å². The van der Waals surface area contributed by atoms with Gasteiger partial charge in [0.15, 0.2) is 0 Å². The van der Waals surface area contributed by atoms with E-state index in [1.807, 2.05) is 6.92 Å². The summed E-state index contributed by atoms with van der Waals surface area (Å²) in [6.45, 7) is 4.67. The van der Waals surface area contributed by atoms with Crippen LogP contribution in [-0.4, -0.2) is 37.4 Å². The molecule has 3 N–H and O–H groups in total. The number of hydrogen-bond acceptors (Lipinski definition) is 4. The van der Waals surface area contributed by atoms with Crippen LogP contribution < -0.4 is 10.5 Å². The van der Waals surface area contributed by atoms with Gasteiger partial charge in [-0.2, -0.15) is 0 Å². The highest BCUT2D eigenvalue weighted by molar-refractivity contribution is 7.93. The van der Waals surface area contributed by atoms with E-state index in [1.165, 1.54) is 0 Å². The topological polar surface area (TPSA) is 81.4 Å². The second-order valence-corrected chi connectivity index (χ2v) is 7.00. The van der Waals surface area contributed by atoms with E-state index in [4.69, 9.17) is 22.7 Å². The highest BCUT2D eigenvalue weighted by Gasteiger charge is 2.36. The number of rotatable bonds is 5. The van der Waals surface area contributed by atoms with E-state index in [1.54, 1.807) is 6.92 Å². The summed E-state index contributed by atoms with van der Waals surface area (Å²) >= 11 is 4.80. The average Bonchev–Trinajstić information content (AvgIpc) is 2.16. The zero-order chi connectivity index (χ0) is 13.1. The third-order valence-electron chi connectivity index (χ3n) is 2.89. The van der Waals surface area contributed by atoms with Crippen molar-refractivity contribution in [1.29, 1.82) is 0 Å². The van der Waals surface area contributed by atoms with E-state index in [0.717, 1.165) is 12.8 Å². The lowest BCUT2D eigenvalue weighted by Gasteiger charge is -2.35. The molecule has 1 aliphatic rings. The van der Waals surface area contributed by atoms with Crippen LogP contribution in [0.2, 0.25) is 0 Å². The molecule has 100 valence electrons. The Balaban J connectivity index is 2.81. The maximum atomic E-state index is 12.1. The summed E-state index contributed by atoms with van der Waals surface area (Å²) in [6.07, 6.45) is 1.99. The minimum absolute atomic E-state index is 0.0142. The number of thiocarbonyl (C=S) groups is 1. The molecule has 7 heteroatoms. The molecule has 0 radical (unpaired) electrons. The van der Waals surface area contributed by atoms with Crippen molar-refractivity contribution >= 4 is 27.2 Å². The van der Waals surface area contributed by atoms with Gasteiger partial charge in [-0.25, -0.2) is 13.1 Å². The highest BCUT2D eigenvalue weighted by atomic mass is 32.2. The zero-order valence-corrected chi connectivity index (χ0v) is 11.9. The third-order valence-corrected chi connectivity index (χ3v) is 5.44.